The number of hydrogen-bond donors (Lipinski definition) is 2. The number of carbonyl (C=O) groups is 1. The number of nitrogens with zero attached hydrogens (tertiary/aromatic N) is 1. The van der Waals surface area contributed by atoms with E-state index in [0.29, 0.717) is 6.54 Å². The zero-order valence-corrected chi connectivity index (χ0v) is 9.97. The fraction of sp³-hybridized carbons (Fsp3) is 0.462. The Morgan fingerprint density at radius 2 is 2.28 bits per heavy atom. The molecule has 0 aromatic heterocycles. The average Bonchev–Trinajstić information content (AvgIpc) is 2.76. The lowest BCUT2D eigenvalue weighted by atomic mass is 10.1. The van der Waals surface area contributed by atoms with Crippen LogP contribution >= 0.6 is 0 Å². The maximum atomic E-state index is 13.5. The summed E-state index contributed by atoms with van der Waals surface area (Å²) in [5.41, 5.74) is 0.428. The second-order valence-electron chi connectivity index (χ2n) is 4.57. The summed E-state index contributed by atoms with van der Waals surface area (Å²) in [5.74, 6) is -1.96. The summed E-state index contributed by atoms with van der Waals surface area (Å²) < 4.78 is 13.5. The first-order valence-electron chi connectivity index (χ1n) is 5.98. The third kappa shape index (κ3) is 2.68. The molecule has 0 spiro atoms. The van der Waals surface area contributed by atoms with Crippen LogP contribution in [-0.4, -0.2) is 40.3 Å². The summed E-state index contributed by atoms with van der Waals surface area (Å²) in [5, 5.41) is 17.9. The third-order valence-electron chi connectivity index (χ3n) is 3.36. The van der Waals surface area contributed by atoms with Crippen molar-refractivity contribution in [2.24, 2.45) is 0 Å². The molecule has 98 valence electrons. The second-order valence-corrected chi connectivity index (χ2v) is 4.57. The number of halogens is 1. The minimum absolute atomic E-state index is 0.107. The molecule has 1 saturated heterocycles. The molecule has 0 amide bonds. The van der Waals surface area contributed by atoms with Crippen LogP contribution < -0.4 is 0 Å². The van der Waals surface area contributed by atoms with E-state index in [-0.39, 0.29) is 18.2 Å². The molecule has 1 aromatic carbocycles. The van der Waals surface area contributed by atoms with Crippen LogP contribution in [0.3, 0.4) is 0 Å². The topological polar surface area (TPSA) is 60.8 Å². The lowest BCUT2D eigenvalue weighted by Crippen LogP contribution is -2.31. The zero-order chi connectivity index (χ0) is 13.1. The molecular formula is C13H16FNO3. The second kappa shape index (κ2) is 5.46. The standard InChI is InChI=1S/C13H16FNO3/c14-12-6-9(3-4-11(12)13(17)18)7-15-5-1-2-10(15)8-16/h3-4,6,10,16H,1-2,5,7-8H2,(H,17,18). The smallest absolute Gasteiger partial charge is 0.338 e. The molecule has 1 aromatic rings. The van der Waals surface area contributed by atoms with Crippen molar-refractivity contribution in [1.82, 2.24) is 4.90 Å². The molecule has 1 atom stereocenters. The SMILES string of the molecule is O=C(O)c1ccc(CN2CCCC2CO)cc1F. The highest BCUT2D eigenvalue weighted by molar-refractivity contribution is 5.87. The Morgan fingerprint density at radius 1 is 1.50 bits per heavy atom. The van der Waals surface area contributed by atoms with Crippen LogP contribution in [-0.2, 0) is 6.54 Å². The molecule has 1 heterocycles. The molecule has 0 bridgehead atoms. The van der Waals surface area contributed by atoms with Crippen LogP contribution in [0.1, 0.15) is 28.8 Å². The molecule has 18 heavy (non-hydrogen) atoms. The van der Waals surface area contributed by atoms with Gasteiger partial charge in [-0.15, -0.1) is 0 Å². The van der Waals surface area contributed by atoms with Crippen LogP contribution in [0, 0.1) is 5.82 Å². The maximum Gasteiger partial charge on any atom is 0.338 e. The number of hydrogen-bond acceptors (Lipinski definition) is 3. The predicted octanol–water partition coefficient (Wildman–Crippen LogP) is 1.48. The number of benzene rings is 1. The highest BCUT2D eigenvalue weighted by Gasteiger charge is 2.23. The Bertz CT molecular complexity index is 450. The van der Waals surface area contributed by atoms with Gasteiger partial charge in [0.1, 0.15) is 5.82 Å². The lowest BCUT2D eigenvalue weighted by Gasteiger charge is -2.22. The summed E-state index contributed by atoms with van der Waals surface area (Å²) in [6, 6.07) is 4.30. The normalized spacial score (nSPS) is 20.2. The fourth-order valence-electron chi connectivity index (χ4n) is 2.37. The van der Waals surface area contributed by atoms with Crippen molar-refractivity contribution in [3.63, 3.8) is 0 Å². The van der Waals surface area contributed by atoms with Gasteiger partial charge in [-0.2, -0.15) is 0 Å². The minimum atomic E-state index is -1.26. The van der Waals surface area contributed by atoms with E-state index in [9.17, 15) is 14.3 Å². The van der Waals surface area contributed by atoms with Gasteiger partial charge in [-0.25, -0.2) is 9.18 Å². The number of rotatable bonds is 4. The Morgan fingerprint density at radius 3 is 2.89 bits per heavy atom. The summed E-state index contributed by atoms with van der Waals surface area (Å²) in [6.07, 6.45) is 1.98. The molecule has 1 fully saturated rings. The van der Waals surface area contributed by atoms with E-state index in [1.165, 1.54) is 12.1 Å². The van der Waals surface area contributed by atoms with Gasteiger partial charge < -0.3 is 10.2 Å². The van der Waals surface area contributed by atoms with Crippen LogP contribution in [0.15, 0.2) is 18.2 Å². The summed E-state index contributed by atoms with van der Waals surface area (Å²) in [6.45, 7) is 1.53. The minimum Gasteiger partial charge on any atom is -0.478 e. The van der Waals surface area contributed by atoms with Crippen molar-refractivity contribution < 1.29 is 19.4 Å². The zero-order valence-electron chi connectivity index (χ0n) is 9.97. The van der Waals surface area contributed by atoms with Crippen molar-refractivity contribution in [1.29, 1.82) is 0 Å². The molecule has 0 aliphatic carbocycles. The molecule has 1 aliphatic heterocycles. The Hall–Kier alpha value is -1.46. The largest absolute Gasteiger partial charge is 0.478 e. The van der Waals surface area contributed by atoms with E-state index in [1.807, 2.05) is 0 Å². The van der Waals surface area contributed by atoms with E-state index in [0.717, 1.165) is 24.9 Å². The predicted molar refractivity (Wildman–Crippen MR) is 63.9 cm³/mol. The molecule has 1 unspecified atom stereocenters. The lowest BCUT2D eigenvalue weighted by molar-refractivity contribution is 0.0692. The highest BCUT2D eigenvalue weighted by Crippen LogP contribution is 2.20. The first kappa shape index (κ1) is 13.0. The Kier molecular flexibility index (Phi) is 3.93. The van der Waals surface area contributed by atoms with Crippen LogP contribution in [0.25, 0.3) is 0 Å². The molecular weight excluding hydrogens is 237 g/mol. The molecule has 0 saturated carbocycles. The molecule has 4 nitrogen and oxygen atoms in total. The summed E-state index contributed by atoms with van der Waals surface area (Å²) in [4.78, 5) is 12.8. The first-order chi connectivity index (χ1) is 8.61. The molecule has 5 heteroatoms. The van der Waals surface area contributed by atoms with E-state index in [2.05, 4.69) is 4.90 Å². The number of carboxylic acid groups (broad SMARTS) is 1. The van der Waals surface area contributed by atoms with Crippen LogP contribution in [0.4, 0.5) is 4.39 Å². The molecule has 0 radical (unpaired) electrons. The van der Waals surface area contributed by atoms with Gasteiger partial charge in [0.05, 0.1) is 12.2 Å². The number of aliphatic hydroxyl groups excluding tert-OH is 1. The van der Waals surface area contributed by atoms with Gasteiger partial charge in [-0.1, -0.05) is 6.07 Å². The Balaban J connectivity index is 2.10. The monoisotopic (exact) mass is 253 g/mol. The van der Waals surface area contributed by atoms with Gasteiger partial charge in [-0.05, 0) is 37.1 Å². The maximum absolute atomic E-state index is 13.5. The number of aromatic carboxylic acids is 1. The van der Waals surface area contributed by atoms with Crippen molar-refractivity contribution in [3.8, 4) is 0 Å². The quantitative estimate of drug-likeness (QED) is 0.853. The van der Waals surface area contributed by atoms with E-state index >= 15 is 0 Å². The Labute approximate surface area is 105 Å². The van der Waals surface area contributed by atoms with E-state index in [1.54, 1.807) is 6.07 Å². The average molecular weight is 253 g/mol. The number of carboxylic acids is 1. The fourth-order valence-corrected chi connectivity index (χ4v) is 2.37. The summed E-state index contributed by atoms with van der Waals surface area (Å²) in [7, 11) is 0. The van der Waals surface area contributed by atoms with E-state index < -0.39 is 11.8 Å². The van der Waals surface area contributed by atoms with Crippen molar-refractivity contribution in [2.75, 3.05) is 13.2 Å². The molecule has 2 N–H and O–H groups in total. The highest BCUT2D eigenvalue weighted by atomic mass is 19.1. The third-order valence-corrected chi connectivity index (χ3v) is 3.36. The van der Waals surface area contributed by atoms with Crippen LogP contribution in [0.5, 0.6) is 0 Å². The number of aliphatic hydroxyl groups is 1. The van der Waals surface area contributed by atoms with Crippen LogP contribution in [0.2, 0.25) is 0 Å². The van der Waals surface area contributed by atoms with Gasteiger partial charge >= 0.3 is 5.97 Å². The molecule has 2 rings (SSSR count). The molecule has 1 aliphatic rings. The van der Waals surface area contributed by atoms with Gasteiger partial charge in [0.2, 0.25) is 0 Å². The van der Waals surface area contributed by atoms with Gasteiger partial charge in [0.15, 0.2) is 0 Å². The van der Waals surface area contributed by atoms with Gasteiger partial charge in [0.25, 0.3) is 0 Å². The van der Waals surface area contributed by atoms with Crippen molar-refractivity contribution in [3.05, 3.63) is 35.1 Å². The van der Waals surface area contributed by atoms with Crippen molar-refractivity contribution in [2.45, 2.75) is 25.4 Å². The van der Waals surface area contributed by atoms with E-state index in [4.69, 9.17) is 5.11 Å². The van der Waals surface area contributed by atoms with Gasteiger partial charge in [0, 0.05) is 12.6 Å². The first-order valence-corrected chi connectivity index (χ1v) is 5.98. The van der Waals surface area contributed by atoms with Crippen molar-refractivity contribution >= 4 is 5.97 Å². The number of likely N-dealkylation sites (tertiary alicyclic amines) is 1. The summed E-state index contributed by atoms with van der Waals surface area (Å²) >= 11 is 0. The van der Waals surface area contributed by atoms with Gasteiger partial charge in [-0.3, -0.25) is 4.90 Å².